The molecule has 0 radical (unpaired) electrons. The summed E-state index contributed by atoms with van der Waals surface area (Å²) in [5, 5.41) is 13.4. The molecule has 11 heteroatoms. The summed E-state index contributed by atoms with van der Waals surface area (Å²) in [6.07, 6.45) is 2.75. The van der Waals surface area contributed by atoms with E-state index in [0.29, 0.717) is 45.6 Å². The van der Waals surface area contributed by atoms with E-state index in [0.717, 1.165) is 73.5 Å². The number of phenols is 1. The molecule has 0 spiro atoms. The van der Waals surface area contributed by atoms with Gasteiger partial charge in [0.25, 0.3) is 5.91 Å². The number of amides is 4. The van der Waals surface area contributed by atoms with Gasteiger partial charge in [-0.05, 0) is 81.2 Å². The molecule has 1 atom stereocenters. The van der Waals surface area contributed by atoms with Gasteiger partial charge >= 0.3 is 12.1 Å². The van der Waals surface area contributed by atoms with Crippen molar-refractivity contribution < 1.29 is 29.0 Å². The predicted molar refractivity (Wildman–Crippen MR) is 179 cm³/mol. The molecule has 6 rings (SSSR count). The number of hydrogen-bond donors (Lipinski definition) is 2. The molecule has 0 saturated carbocycles. The van der Waals surface area contributed by atoms with Gasteiger partial charge < -0.3 is 34.6 Å². The number of piperazine rings is 1. The molecule has 2 aromatic carbocycles. The number of benzene rings is 2. The predicted octanol–water partition coefficient (Wildman–Crippen LogP) is 4.32. The fraction of sp³-hybridized carbons (Fsp3) is 0.583. The van der Waals surface area contributed by atoms with Crippen molar-refractivity contribution in [3.63, 3.8) is 0 Å². The normalized spacial score (nSPS) is 21.4. The Bertz CT molecular complexity index is 1440. The number of carbonyl (C=O) groups excluding carboxylic acids is 3. The monoisotopic (exact) mass is 647 g/mol. The minimum Gasteiger partial charge on any atom is -0.507 e. The largest absolute Gasteiger partial charge is 0.507 e. The lowest BCUT2D eigenvalue weighted by Crippen LogP contribution is -2.59. The van der Waals surface area contributed by atoms with Gasteiger partial charge in [0.05, 0.1) is 0 Å². The maximum atomic E-state index is 14.0. The van der Waals surface area contributed by atoms with E-state index in [4.69, 9.17) is 9.47 Å². The first-order valence-corrected chi connectivity index (χ1v) is 17.1. The number of likely N-dealkylation sites (tertiary alicyclic amines) is 1. The Labute approximate surface area is 277 Å². The van der Waals surface area contributed by atoms with Crippen LogP contribution in [0.3, 0.4) is 0 Å². The molecule has 3 saturated heterocycles. The molecular formula is C36H49N5O6. The van der Waals surface area contributed by atoms with Gasteiger partial charge in [0, 0.05) is 82.7 Å². The lowest BCUT2D eigenvalue weighted by Gasteiger charge is -2.48. The highest BCUT2D eigenvalue weighted by Crippen LogP contribution is 2.30. The Hall–Kier alpha value is -3.83. The number of hydrogen-bond acceptors (Lipinski definition) is 7. The van der Waals surface area contributed by atoms with Crippen molar-refractivity contribution in [3.05, 3.63) is 58.7 Å². The zero-order valence-corrected chi connectivity index (χ0v) is 28.0. The van der Waals surface area contributed by atoms with E-state index >= 15 is 0 Å². The van der Waals surface area contributed by atoms with Crippen LogP contribution in [-0.2, 0) is 27.1 Å². The summed E-state index contributed by atoms with van der Waals surface area (Å²) >= 11 is 0. The van der Waals surface area contributed by atoms with E-state index in [1.807, 2.05) is 60.0 Å². The molecule has 4 amide bonds. The van der Waals surface area contributed by atoms with Crippen LogP contribution < -0.4 is 5.32 Å². The Kier molecular flexibility index (Phi) is 9.93. The van der Waals surface area contributed by atoms with E-state index in [-0.39, 0.29) is 35.7 Å². The van der Waals surface area contributed by atoms with Gasteiger partial charge in [-0.25, -0.2) is 9.59 Å². The second-order valence-corrected chi connectivity index (χ2v) is 13.8. The summed E-state index contributed by atoms with van der Waals surface area (Å²) in [7, 11) is 0. The summed E-state index contributed by atoms with van der Waals surface area (Å²) in [6.45, 7) is 11.7. The fourth-order valence-corrected chi connectivity index (χ4v) is 7.65. The third-order valence-electron chi connectivity index (χ3n) is 10.7. The van der Waals surface area contributed by atoms with E-state index in [1.165, 1.54) is 0 Å². The van der Waals surface area contributed by atoms with Crippen LogP contribution in [0.15, 0.2) is 36.4 Å². The molecule has 1 unspecified atom stereocenters. The molecule has 3 fully saturated rings. The van der Waals surface area contributed by atoms with Gasteiger partial charge in [0.15, 0.2) is 6.10 Å². The van der Waals surface area contributed by atoms with Crippen LogP contribution in [0, 0.1) is 13.8 Å². The molecule has 11 nitrogen and oxygen atoms in total. The van der Waals surface area contributed by atoms with Crippen LogP contribution in [0.1, 0.15) is 54.9 Å². The van der Waals surface area contributed by atoms with Crippen LogP contribution in [0.4, 0.5) is 15.3 Å². The number of aromatic hydroxyl groups is 1. The van der Waals surface area contributed by atoms with Gasteiger partial charge in [-0.1, -0.05) is 30.3 Å². The first-order valence-electron chi connectivity index (χ1n) is 17.1. The summed E-state index contributed by atoms with van der Waals surface area (Å²) in [6, 6.07) is 11.5. The van der Waals surface area contributed by atoms with Crippen LogP contribution in [0.5, 0.6) is 5.75 Å². The number of piperidine rings is 1. The quantitative estimate of drug-likeness (QED) is 0.480. The maximum absolute atomic E-state index is 14.0. The van der Waals surface area contributed by atoms with Gasteiger partial charge in [0.1, 0.15) is 5.75 Å². The molecule has 2 aromatic rings. The number of anilines is 1. The number of urea groups is 1. The number of nitrogens with zero attached hydrogens (tertiary/aromatic N) is 4. The highest BCUT2D eigenvalue weighted by Gasteiger charge is 2.39. The van der Waals surface area contributed by atoms with Crippen molar-refractivity contribution in [2.75, 3.05) is 64.3 Å². The van der Waals surface area contributed by atoms with Crippen LogP contribution in [-0.4, -0.2) is 119 Å². The lowest BCUT2D eigenvalue weighted by molar-refractivity contribution is -0.144. The highest BCUT2D eigenvalue weighted by molar-refractivity contribution is 5.91. The Morgan fingerprint density at radius 3 is 2.32 bits per heavy atom. The summed E-state index contributed by atoms with van der Waals surface area (Å²) in [5.74, 6) is 0.0467. The smallest absolute Gasteiger partial charge is 0.410 e. The second-order valence-electron chi connectivity index (χ2n) is 13.8. The standard InChI is InChI=1S/C36H49N5O6/c1-25-22-27(23-26(2)32(25)42)24-31(33(43)38-16-18-40(19-17-38)36(3)11-20-46-21-12-36)47-35(45)39-13-9-29(10-14-39)41-15-8-28-6-4-5-7-30(28)37-34(41)44/h4-7,22-23,29,31,42H,8-21,24H2,1-3H3,(H,37,44). The molecule has 4 heterocycles. The molecule has 0 bridgehead atoms. The SMILES string of the molecule is Cc1cc(CC(OC(=O)N2CCC(N3CCc4ccccc4NC3=O)CC2)C(=O)N2CCN(C3(C)CCOCC3)CC2)cc(C)c1O. The number of rotatable bonds is 6. The summed E-state index contributed by atoms with van der Waals surface area (Å²) in [4.78, 5) is 48.6. The average molecular weight is 648 g/mol. The third kappa shape index (κ3) is 7.36. The number of para-hydroxylation sites is 1. The van der Waals surface area contributed by atoms with Crippen molar-refractivity contribution >= 4 is 23.7 Å². The van der Waals surface area contributed by atoms with Gasteiger partial charge in [-0.2, -0.15) is 0 Å². The number of ether oxygens (including phenoxy) is 2. The maximum Gasteiger partial charge on any atom is 0.410 e. The number of nitrogens with one attached hydrogen (secondary N) is 1. The minimum absolute atomic E-state index is 0.0163. The first-order chi connectivity index (χ1) is 22.6. The van der Waals surface area contributed by atoms with Crippen molar-refractivity contribution in [1.82, 2.24) is 19.6 Å². The second kappa shape index (κ2) is 14.1. The van der Waals surface area contributed by atoms with Crippen molar-refractivity contribution in [2.45, 2.75) is 77.0 Å². The zero-order chi connectivity index (χ0) is 33.1. The number of fused-ring (bicyclic) bond motifs is 1. The van der Waals surface area contributed by atoms with Gasteiger partial charge in [-0.3, -0.25) is 9.69 Å². The Morgan fingerprint density at radius 2 is 1.64 bits per heavy atom. The molecule has 2 N–H and O–H groups in total. The molecule has 4 aliphatic heterocycles. The van der Waals surface area contributed by atoms with Crippen LogP contribution in [0.25, 0.3) is 0 Å². The van der Waals surface area contributed by atoms with Crippen molar-refractivity contribution in [2.24, 2.45) is 0 Å². The fourth-order valence-electron chi connectivity index (χ4n) is 7.65. The van der Waals surface area contributed by atoms with E-state index in [1.54, 1.807) is 4.90 Å². The minimum atomic E-state index is -0.983. The van der Waals surface area contributed by atoms with E-state index in [9.17, 15) is 19.5 Å². The third-order valence-corrected chi connectivity index (χ3v) is 10.7. The highest BCUT2D eigenvalue weighted by atomic mass is 16.6. The lowest BCUT2D eigenvalue weighted by atomic mass is 9.89. The first kappa shape index (κ1) is 33.1. The van der Waals surface area contributed by atoms with E-state index in [2.05, 4.69) is 17.1 Å². The number of aryl methyl sites for hydroxylation is 2. The summed E-state index contributed by atoms with van der Waals surface area (Å²) < 4.78 is 11.6. The zero-order valence-electron chi connectivity index (χ0n) is 28.0. The number of phenolic OH excluding ortho intramolecular Hbond substituents is 1. The number of carbonyl (C=O) groups is 3. The Morgan fingerprint density at radius 1 is 0.979 bits per heavy atom. The summed E-state index contributed by atoms with van der Waals surface area (Å²) in [5.41, 5.74) is 4.33. The van der Waals surface area contributed by atoms with E-state index < -0.39 is 12.2 Å². The van der Waals surface area contributed by atoms with Crippen molar-refractivity contribution in [3.8, 4) is 5.75 Å². The molecule has 0 aliphatic carbocycles. The van der Waals surface area contributed by atoms with Crippen LogP contribution >= 0.6 is 0 Å². The average Bonchev–Trinajstić information content (AvgIpc) is 3.25. The Balaban J connectivity index is 1.09. The van der Waals surface area contributed by atoms with Gasteiger partial charge in [-0.15, -0.1) is 0 Å². The molecular weight excluding hydrogens is 598 g/mol. The van der Waals surface area contributed by atoms with Gasteiger partial charge in [0.2, 0.25) is 0 Å². The topological polar surface area (TPSA) is 115 Å². The molecule has 4 aliphatic rings. The molecule has 254 valence electrons. The molecule has 0 aromatic heterocycles. The van der Waals surface area contributed by atoms with Crippen molar-refractivity contribution in [1.29, 1.82) is 0 Å². The molecule has 47 heavy (non-hydrogen) atoms. The van der Waals surface area contributed by atoms with Crippen LogP contribution in [0.2, 0.25) is 0 Å².